The van der Waals surface area contributed by atoms with E-state index in [2.05, 4.69) is 21.6 Å². The Morgan fingerprint density at radius 2 is 2.17 bits per heavy atom. The molecule has 1 heterocycles. The minimum atomic E-state index is -0.952. The van der Waals surface area contributed by atoms with Crippen LogP contribution < -0.4 is 5.32 Å². The maximum Gasteiger partial charge on any atom is 0.220 e. The topological polar surface area (TPSA) is 78.0 Å². The van der Waals surface area contributed by atoms with E-state index in [1.54, 1.807) is 0 Å². The van der Waals surface area contributed by atoms with Crippen LogP contribution in [-0.2, 0) is 23.2 Å². The number of hydrogen-bond donors (Lipinski definition) is 3. The van der Waals surface area contributed by atoms with Gasteiger partial charge in [0.05, 0.1) is 12.2 Å². The Kier molecular flexibility index (Phi) is 4.71. The summed E-state index contributed by atoms with van der Waals surface area (Å²) < 4.78 is 0. The quantitative estimate of drug-likeness (QED) is 0.788. The van der Waals surface area contributed by atoms with E-state index in [4.69, 9.17) is 0 Å². The van der Waals surface area contributed by atoms with Gasteiger partial charge in [0.15, 0.2) is 0 Å². The lowest BCUT2D eigenvalue weighted by Crippen LogP contribution is -2.43. The number of nitrogens with zero attached hydrogens (tertiary/aromatic N) is 1. The van der Waals surface area contributed by atoms with E-state index in [9.17, 15) is 9.90 Å². The minimum Gasteiger partial charge on any atom is -0.383 e. The van der Waals surface area contributed by atoms with Gasteiger partial charge in [-0.3, -0.25) is 9.89 Å². The van der Waals surface area contributed by atoms with Gasteiger partial charge in [-0.15, -0.1) is 0 Å². The second kappa shape index (κ2) is 6.77. The van der Waals surface area contributed by atoms with Crippen LogP contribution in [0.3, 0.4) is 0 Å². The van der Waals surface area contributed by atoms with Crippen molar-refractivity contribution in [3.05, 3.63) is 52.3 Å². The van der Waals surface area contributed by atoms with Crippen LogP contribution in [-0.4, -0.2) is 27.8 Å². The normalized spacial score (nSPS) is 19.8. The standard InChI is InChI=1S/C19H25N3O2/c1-13-16(14(2)22-21-13)9-10-18(23)20-12-19(24)11-5-7-15-6-3-4-8-17(15)19/h3-4,6,8,24H,5,7,9-12H2,1-2H3,(H,20,23)(H,21,22). The zero-order chi connectivity index (χ0) is 17.2. The molecule has 2 aromatic rings. The van der Waals surface area contributed by atoms with Gasteiger partial charge < -0.3 is 10.4 Å². The van der Waals surface area contributed by atoms with Gasteiger partial charge in [0.25, 0.3) is 0 Å². The van der Waals surface area contributed by atoms with Gasteiger partial charge >= 0.3 is 0 Å². The summed E-state index contributed by atoms with van der Waals surface area (Å²) in [5, 5.41) is 21.0. The van der Waals surface area contributed by atoms with E-state index < -0.39 is 5.60 Å². The van der Waals surface area contributed by atoms with E-state index in [1.807, 2.05) is 32.0 Å². The van der Waals surface area contributed by atoms with E-state index in [1.165, 1.54) is 5.56 Å². The van der Waals surface area contributed by atoms with Gasteiger partial charge in [-0.2, -0.15) is 5.10 Å². The molecule has 1 aliphatic carbocycles. The number of amides is 1. The van der Waals surface area contributed by atoms with Crippen molar-refractivity contribution >= 4 is 5.91 Å². The number of aromatic nitrogens is 2. The average molecular weight is 327 g/mol. The van der Waals surface area contributed by atoms with Gasteiger partial charge in [0.1, 0.15) is 5.60 Å². The highest BCUT2D eigenvalue weighted by Gasteiger charge is 2.34. The van der Waals surface area contributed by atoms with Gasteiger partial charge in [-0.25, -0.2) is 0 Å². The molecule has 1 atom stereocenters. The summed E-state index contributed by atoms with van der Waals surface area (Å²) >= 11 is 0. The molecule has 1 aromatic heterocycles. The van der Waals surface area contributed by atoms with E-state index in [0.717, 1.165) is 35.4 Å². The summed E-state index contributed by atoms with van der Waals surface area (Å²) in [6, 6.07) is 7.98. The number of rotatable bonds is 5. The zero-order valence-corrected chi connectivity index (χ0v) is 14.4. The first kappa shape index (κ1) is 16.7. The molecule has 0 bridgehead atoms. The van der Waals surface area contributed by atoms with Crippen molar-refractivity contribution in [3.63, 3.8) is 0 Å². The number of hydrogen-bond acceptors (Lipinski definition) is 3. The highest BCUT2D eigenvalue weighted by Crippen LogP contribution is 2.34. The number of aryl methyl sites for hydroxylation is 3. The SMILES string of the molecule is Cc1n[nH]c(C)c1CCC(=O)NCC1(O)CCCc2ccccc21. The van der Waals surface area contributed by atoms with Gasteiger partial charge in [0.2, 0.25) is 5.91 Å². The van der Waals surface area contributed by atoms with Crippen molar-refractivity contribution in [1.29, 1.82) is 0 Å². The Balaban J connectivity index is 1.59. The lowest BCUT2D eigenvalue weighted by atomic mass is 9.79. The first-order valence-electron chi connectivity index (χ1n) is 8.57. The molecule has 0 radical (unpaired) electrons. The smallest absolute Gasteiger partial charge is 0.220 e. The van der Waals surface area contributed by atoms with Crippen molar-refractivity contribution < 1.29 is 9.90 Å². The van der Waals surface area contributed by atoms with Crippen molar-refractivity contribution in [2.45, 2.75) is 51.6 Å². The molecule has 0 saturated carbocycles. The molecule has 1 aromatic carbocycles. The third kappa shape index (κ3) is 3.36. The van der Waals surface area contributed by atoms with Gasteiger partial charge in [-0.1, -0.05) is 24.3 Å². The predicted molar refractivity (Wildman–Crippen MR) is 92.7 cm³/mol. The molecule has 0 fully saturated rings. The van der Waals surface area contributed by atoms with Gasteiger partial charge in [0, 0.05) is 12.1 Å². The molecule has 1 unspecified atom stereocenters. The van der Waals surface area contributed by atoms with Crippen LogP contribution in [0.25, 0.3) is 0 Å². The van der Waals surface area contributed by atoms with Crippen LogP contribution in [0.1, 0.15) is 47.3 Å². The number of fused-ring (bicyclic) bond motifs is 1. The first-order chi connectivity index (χ1) is 11.5. The minimum absolute atomic E-state index is 0.0357. The molecular weight excluding hydrogens is 302 g/mol. The zero-order valence-electron chi connectivity index (χ0n) is 14.4. The maximum atomic E-state index is 12.2. The molecule has 1 amide bonds. The van der Waals surface area contributed by atoms with Crippen molar-refractivity contribution in [2.24, 2.45) is 0 Å². The fourth-order valence-electron chi connectivity index (χ4n) is 3.60. The molecular formula is C19H25N3O2. The summed E-state index contributed by atoms with van der Waals surface area (Å²) in [7, 11) is 0. The molecule has 24 heavy (non-hydrogen) atoms. The Bertz CT molecular complexity index is 718. The molecule has 3 rings (SSSR count). The Morgan fingerprint density at radius 1 is 1.38 bits per heavy atom. The second-order valence-electron chi connectivity index (χ2n) is 6.73. The molecule has 3 N–H and O–H groups in total. The number of nitrogens with one attached hydrogen (secondary N) is 2. The van der Waals surface area contributed by atoms with Crippen molar-refractivity contribution in [3.8, 4) is 0 Å². The van der Waals surface area contributed by atoms with Gasteiger partial charge in [-0.05, 0) is 56.2 Å². The van der Waals surface area contributed by atoms with Crippen LogP contribution in [0, 0.1) is 13.8 Å². The van der Waals surface area contributed by atoms with Crippen LogP contribution in [0.5, 0.6) is 0 Å². The van der Waals surface area contributed by atoms with Crippen LogP contribution >= 0.6 is 0 Å². The molecule has 0 spiro atoms. The van der Waals surface area contributed by atoms with Crippen LogP contribution in [0.4, 0.5) is 0 Å². The van der Waals surface area contributed by atoms with E-state index in [-0.39, 0.29) is 12.5 Å². The number of carbonyl (C=O) groups excluding carboxylic acids is 1. The van der Waals surface area contributed by atoms with Crippen molar-refractivity contribution in [2.75, 3.05) is 6.54 Å². The Labute approximate surface area is 142 Å². The lowest BCUT2D eigenvalue weighted by Gasteiger charge is -2.34. The number of benzene rings is 1. The highest BCUT2D eigenvalue weighted by molar-refractivity contribution is 5.76. The fourth-order valence-corrected chi connectivity index (χ4v) is 3.60. The largest absolute Gasteiger partial charge is 0.383 e. The summed E-state index contributed by atoms with van der Waals surface area (Å²) in [5.74, 6) is -0.0357. The average Bonchev–Trinajstić information content (AvgIpc) is 2.90. The predicted octanol–water partition coefficient (Wildman–Crippen LogP) is 2.30. The number of aromatic amines is 1. The summed E-state index contributed by atoms with van der Waals surface area (Å²) in [6.07, 6.45) is 3.68. The number of aliphatic hydroxyl groups is 1. The summed E-state index contributed by atoms with van der Waals surface area (Å²) in [5.41, 5.74) is 4.25. The maximum absolute atomic E-state index is 12.2. The molecule has 128 valence electrons. The highest BCUT2D eigenvalue weighted by atomic mass is 16.3. The Morgan fingerprint density at radius 3 is 2.92 bits per heavy atom. The first-order valence-corrected chi connectivity index (χ1v) is 8.57. The lowest BCUT2D eigenvalue weighted by molar-refractivity contribution is -0.122. The summed E-state index contributed by atoms with van der Waals surface area (Å²) in [6.45, 7) is 4.18. The fraction of sp³-hybridized carbons (Fsp3) is 0.474. The summed E-state index contributed by atoms with van der Waals surface area (Å²) in [4.78, 5) is 12.2. The third-order valence-corrected chi connectivity index (χ3v) is 5.02. The molecule has 0 saturated heterocycles. The van der Waals surface area contributed by atoms with E-state index in [0.29, 0.717) is 19.3 Å². The van der Waals surface area contributed by atoms with E-state index >= 15 is 0 Å². The van der Waals surface area contributed by atoms with Crippen LogP contribution in [0.2, 0.25) is 0 Å². The van der Waals surface area contributed by atoms with Crippen molar-refractivity contribution in [1.82, 2.24) is 15.5 Å². The monoisotopic (exact) mass is 327 g/mol. The molecule has 1 aliphatic rings. The molecule has 0 aliphatic heterocycles. The Hall–Kier alpha value is -2.14. The molecule has 5 nitrogen and oxygen atoms in total. The molecule has 5 heteroatoms. The number of H-pyrrole nitrogens is 1. The number of carbonyl (C=O) groups is 1. The second-order valence-corrected chi connectivity index (χ2v) is 6.73. The van der Waals surface area contributed by atoms with Crippen LogP contribution in [0.15, 0.2) is 24.3 Å². The third-order valence-electron chi connectivity index (χ3n) is 5.02.